The summed E-state index contributed by atoms with van der Waals surface area (Å²) in [5.74, 6) is 1.68. The van der Waals surface area contributed by atoms with Gasteiger partial charge in [0.2, 0.25) is 11.9 Å². The number of ether oxygens (including phenoxy) is 1. The van der Waals surface area contributed by atoms with Gasteiger partial charge in [-0.25, -0.2) is 4.68 Å². The van der Waals surface area contributed by atoms with Crippen LogP contribution in [0.25, 0.3) is 0 Å². The van der Waals surface area contributed by atoms with E-state index in [-0.39, 0.29) is 11.9 Å². The lowest BCUT2D eigenvalue weighted by Gasteiger charge is -2.32. The van der Waals surface area contributed by atoms with Crippen LogP contribution in [0.4, 0.5) is 5.95 Å². The van der Waals surface area contributed by atoms with Crippen molar-refractivity contribution in [3.63, 3.8) is 0 Å². The monoisotopic (exact) mass is 298 g/mol. The van der Waals surface area contributed by atoms with Crippen molar-refractivity contribution in [3.05, 3.63) is 35.7 Å². The first kappa shape index (κ1) is 13.3. The number of hydrogen-bond donors (Lipinski definition) is 0. The molecule has 3 heterocycles. The fourth-order valence-corrected chi connectivity index (χ4v) is 3.20. The van der Waals surface area contributed by atoms with Gasteiger partial charge in [0.15, 0.2) is 0 Å². The maximum absolute atomic E-state index is 12.8. The third-order valence-electron chi connectivity index (χ3n) is 4.39. The van der Waals surface area contributed by atoms with Gasteiger partial charge in [-0.1, -0.05) is 12.1 Å². The quantitative estimate of drug-likeness (QED) is 0.844. The van der Waals surface area contributed by atoms with Crippen molar-refractivity contribution in [2.45, 2.75) is 38.8 Å². The van der Waals surface area contributed by atoms with Gasteiger partial charge in [-0.05, 0) is 30.5 Å². The van der Waals surface area contributed by atoms with Gasteiger partial charge < -0.3 is 4.74 Å². The molecule has 1 atom stereocenters. The molecule has 0 N–H and O–H groups in total. The van der Waals surface area contributed by atoms with Crippen molar-refractivity contribution in [2.24, 2.45) is 0 Å². The van der Waals surface area contributed by atoms with E-state index in [1.165, 1.54) is 11.9 Å². The molecule has 0 bridgehead atoms. The van der Waals surface area contributed by atoms with E-state index in [1.807, 2.05) is 12.1 Å². The second-order valence-corrected chi connectivity index (χ2v) is 5.90. The van der Waals surface area contributed by atoms with E-state index < -0.39 is 0 Å². The zero-order valence-electron chi connectivity index (χ0n) is 12.5. The molecule has 0 aliphatic carbocycles. The zero-order chi connectivity index (χ0) is 15.1. The summed E-state index contributed by atoms with van der Waals surface area (Å²) < 4.78 is 7.31. The molecule has 1 amide bonds. The zero-order valence-corrected chi connectivity index (χ0v) is 12.5. The van der Waals surface area contributed by atoms with Gasteiger partial charge in [-0.3, -0.25) is 9.69 Å². The van der Waals surface area contributed by atoms with E-state index in [4.69, 9.17) is 4.74 Å². The minimum atomic E-state index is 0.0697. The number of carbonyl (C=O) groups is 1. The topological polar surface area (TPSA) is 60.2 Å². The Morgan fingerprint density at radius 3 is 3.27 bits per heavy atom. The van der Waals surface area contributed by atoms with E-state index in [0.717, 1.165) is 37.3 Å². The van der Waals surface area contributed by atoms with Crippen LogP contribution in [-0.2, 0) is 24.2 Å². The summed E-state index contributed by atoms with van der Waals surface area (Å²) in [6.07, 6.45) is 3.72. The Morgan fingerprint density at radius 1 is 1.45 bits per heavy atom. The van der Waals surface area contributed by atoms with Gasteiger partial charge in [-0.2, -0.15) is 10.1 Å². The summed E-state index contributed by atoms with van der Waals surface area (Å²) in [6.45, 7) is 3.61. The van der Waals surface area contributed by atoms with Crippen molar-refractivity contribution in [2.75, 3.05) is 11.5 Å². The lowest BCUT2D eigenvalue weighted by atomic mass is 10.0. The summed E-state index contributed by atoms with van der Waals surface area (Å²) >= 11 is 0. The third kappa shape index (κ3) is 2.15. The minimum Gasteiger partial charge on any atom is -0.493 e. The predicted molar refractivity (Wildman–Crippen MR) is 80.9 cm³/mol. The molecule has 4 rings (SSSR count). The van der Waals surface area contributed by atoms with Crippen LogP contribution in [0.2, 0.25) is 0 Å². The second-order valence-electron chi connectivity index (χ2n) is 5.90. The molecule has 6 heteroatoms. The van der Waals surface area contributed by atoms with Crippen LogP contribution in [0.3, 0.4) is 0 Å². The first-order valence-corrected chi connectivity index (χ1v) is 7.67. The molecular formula is C16H18N4O2. The number of hydrogen-bond acceptors (Lipinski definition) is 4. The number of nitrogens with zero attached hydrogens (tertiary/aromatic N) is 4. The van der Waals surface area contributed by atoms with Crippen LogP contribution in [0.5, 0.6) is 5.75 Å². The maximum atomic E-state index is 12.8. The average molecular weight is 298 g/mol. The number of amides is 1. The summed E-state index contributed by atoms with van der Waals surface area (Å²) in [5.41, 5.74) is 2.22. The maximum Gasteiger partial charge on any atom is 0.234 e. The molecule has 2 aliphatic heterocycles. The van der Waals surface area contributed by atoms with Gasteiger partial charge in [0, 0.05) is 19.0 Å². The summed E-state index contributed by atoms with van der Waals surface area (Å²) in [4.78, 5) is 18.8. The van der Waals surface area contributed by atoms with Crippen LogP contribution in [0.15, 0.2) is 24.5 Å². The van der Waals surface area contributed by atoms with Gasteiger partial charge >= 0.3 is 0 Å². The van der Waals surface area contributed by atoms with Gasteiger partial charge in [0.1, 0.15) is 12.1 Å². The number of anilines is 1. The van der Waals surface area contributed by atoms with Crippen LogP contribution >= 0.6 is 0 Å². The van der Waals surface area contributed by atoms with Gasteiger partial charge in [-0.15, -0.1) is 0 Å². The first-order chi connectivity index (χ1) is 10.7. The predicted octanol–water partition coefficient (Wildman–Crippen LogP) is 1.58. The fourth-order valence-electron chi connectivity index (χ4n) is 3.20. The van der Waals surface area contributed by atoms with Crippen molar-refractivity contribution < 1.29 is 9.53 Å². The Hall–Kier alpha value is -2.37. The Labute approximate surface area is 128 Å². The molecule has 22 heavy (non-hydrogen) atoms. The smallest absolute Gasteiger partial charge is 0.234 e. The number of fused-ring (bicyclic) bond motifs is 2. The molecule has 6 nitrogen and oxygen atoms in total. The average Bonchev–Trinajstić information content (AvgIpc) is 3.14. The number of aromatic nitrogens is 3. The molecule has 2 aromatic rings. The number of aryl methyl sites for hydroxylation is 1. The van der Waals surface area contributed by atoms with Crippen LogP contribution < -0.4 is 9.64 Å². The molecule has 1 unspecified atom stereocenters. The minimum absolute atomic E-state index is 0.0697. The van der Waals surface area contributed by atoms with Gasteiger partial charge in [0.25, 0.3) is 0 Å². The highest BCUT2D eigenvalue weighted by Gasteiger charge is 2.30. The van der Waals surface area contributed by atoms with E-state index in [0.29, 0.717) is 12.4 Å². The van der Waals surface area contributed by atoms with Crippen LogP contribution in [-0.4, -0.2) is 33.3 Å². The lowest BCUT2D eigenvalue weighted by molar-refractivity contribution is -0.118. The third-order valence-corrected chi connectivity index (χ3v) is 4.39. The molecule has 0 fully saturated rings. The van der Waals surface area contributed by atoms with Crippen molar-refractivity contribution in [1.82, 2.24) is 14.8 Å². The summed E-state index contributed by atoms with van der Waals surface area (Å²) in [7, 11) is 0. The Balaban J connectivity index is 1.58. The van der Waals surface area contributed by atoms with E-state index in [1.54, 1.807) is 9.58 Å². The standard InChI is InChI=1S/C16H18N4O2/c1-11-4-6-19-16(17-10-18-19)20(11)15(21)9-12-2-3-14-13(8-12)5-7-22-14/h2-3,8,10-11H,4-7,9H2,1H3. The molecular weight excluding hydrogens is 280 g/mol. The van der Waals surface area contributed by atoms with Crippen molar-refractivity contribution >= 4 is 11.9 Å². The van der Waals surface area contributed by atoms with E-state index in [2.05, 4.69) is 23.1 Å². The Bertz CT molecular complexity index is 725. The molecule has 0 spiro atoms. The number of benzene rings is 1. The van der Waals surface area contributed by atoms with Gasteiger partial charge in [0.05, 0.1) is 13.0 Å². The second kappa shape index (κ2) is 5.12. The normalized spacial score (nSPS) is 19.5. The largest absolute Gasteiger partial charge is 0.493 e. The molecule has 0 saturated carbocycles. The highest BCUT2D eigenvalue weighted by Crippen LogP contribution is 2.27. The van der Waals surface area contributed by atoms with Crippen molar-refractivity contribution in [1.29, 1.82) is 0 Å². The van der Waals surface area contributed by atoms with E-state index in [9.17, 15) is 4.79 Å². The highest BCUT2D eigenvalue weighted by atomic mass is 16.5. The number of carbonyl (C=O) groups excluding carboxylic acids is 1. The summed E-state index contributed by atoms with van der Waals surface area (Å²) in [5, 5.41) is 4.17. The summed E-state index contributed by atoms with van der Waals surface area (Å²) in [6, 6.07) is 6.18. The molecule has 0 radical (unpaired) electrons. The molecule has 0 saturated heterocycles. The number of rotatable bonds is 2. The van der Waals surface area contributed by atoms with Crippen molar-refractivity contribution in [3.8, 4) is 5.75 Å². The Morgan fingerprint density at radius 2 is 2.36 bits per heavy atom. The lowest BCUT2D eigenvalue weighted by Crippen LogP contribution is -2.45. The van der Waals surface area contributed by atoms with Crippen LogP contribution in [0.1, 0.15) is 24.5 Å². The SMILES string of the molecule is CC1CCn2ncnc2N1C(=O)Cc1ccc2c(c1)CCO2. The Kier molecular flexibility index (Phi) is 3.10. The van der Waals surface area contributed by atoms with Crippen LogP contribution in [0, 0.1) is 0 Å². The van der Waals surface area contributed by atoms with E-state index >= 15 is 0 Å². The molecule has 1 aromatic heterocycles. The highest BCUT2D eigenvalue weighted by molar-refractivity contribution is 5.94. The fraction of sp³-hybridized carbons (Fsp3) is 0.438. The first-order valence-electron chi connectivity index (χ1n) is 7.67. The molecule has 2 aliphatic rings. The molecule has 1 aromatic carbocycles. The molecule has 114 valence electrons.